The molecule has 6 fully saturated rings. The zero-order valence-electron chi connectivity index (χ0n) is 16.4. The standard InChI is InChI=1S/C21H31N5O/c1-24-17-2-3-18(24)11-25(5-4-17)19(27)20-7-15-6-16(8-20)10-21(9-15,12-20)26-14-22-13-23-26/h13-18H,2-12H2,1H3/t15?,16?,17-,18+,20?,21?/m0/s1. The lowest BCUT2D eigenvalue weighted by Crippen LogP contribution is -2.62. The van der Waals surface area contributed by atoms with Gasteiger partial charge in [0.05, 0.1) is 11.0 Å². The molecule has 1 aromatic heterocycles. The van der Waals surface area contributed by atoms with E-state index in [1.807, 2.05) is 6.33 Å². The molecular weight excluding hydrogens is 338 g/mol. The van der Waals surface area contributed by atoms with Crippen molar-refractivity contribution in [2.75, 3.05) is 20.1 Å². The molecule has 2 unspecified atom stereocenters. The number of nitrogens with zero attached hydrogens (tertiary/aromatic N) is 5. The van der Waals surface area contributed by atoms with Crippen molar-refractivity contribution in [1.29, 1.82) is 0 Å². The first-order valence-corrected chi connectivity index (χ1v) is 10.9. The summed E-state index contributed by atoms with van der Waals surface area (Å²) in [5.41, 5.74) is -0.101. The molecule has 6 heteroatoms. The molecule has 0 N–H and O–H groups in total. The highest BCUT2D eigenvalue weighted by atomic mass is 16.2. The van der Waals surface area contributed by atoms with Crippen LogP contribution >= 0.6 is 0 Å². The molecule has 7 rings (SSSR count). The van der Waals surface area contributed by atoms with Crippen LogP contribution in [-0.2, 0) is 10.3 Å². The summed E-state index contributed by atoms with van der Waals surface area (Å²) in [6, 6.07) is 1.25. The van der Waals surface area contributed by atoms with Crippen molar-refractivity contribution in [1.82, 2.24) is 24.6 Å². The average Bonchev–Trinajstić information content (AvgIpc) is 3.23. The van der Waals surface area contributed by atoms with Crippen molar-refractivity contribution in [2.24, 2.45) is 17.3 Å². The number of hydrogen-bond donors (Lipinski definition) is 0. The van der Waals surface area contributed by atoms with Crippen LogP contribution in [0.1, 0.15) is 57.8 Å². The lowest BCUT2D eigenvalue weighted by atomic mass is 9.46. The fourth-order valence-corrected chi connectivity index (χ4v) is 8.01. The summed E-state index contributed by atoms with van der Waals surface area (Å²) in [6.45, 7) is 1.90. The summed E-state index contributed by atoms with van der Waals surface area (Å²) in [4.78, 5) is 23.0. The van der Waals surface area contributed by atoms with Crippen LogP contribution in [0.15, 0.2) is 12.7 Å². The van der Waals surface area contributed by atoms with E-state index in [2.05, 4.69) is 31.6 Å². The van der Waals surface area contributed by atoms with Gasteiger partial charge in [0.1, 0.15) is 12.7 Å². The van der Waals surface area contributed by atoms with Gasteiger partial charge in [-0.2, -0.15) is 5.10 Å². The number of hydrogen-bond acceptors (Lipinski definition) is 4. The van der Waals surface area contributed by atoms with Crippen molar-refractivity contribution < 1.29 is 4.79 Å². The van der Waals surface area contributed by atoms with Gasteiger partial charge in [0.25, 0.3) is 0 Å². The average molecular weight is 370 g/mol. The fraction of sp³-hybridized carbons (Fsp3) is 0.857. The Hall–Kier alpha value is -1.43. The zero-order valence-corrected chi connectivity index (χ0v) is 16.4. The van der Waals surface area contributed by atoms with Gasteiger partial charge in [-0.15, -0.1) is 0 Å². The SMILES string of the molecule is CN1[C@H]2CC[C@@H]1CN(C(=O)C13CC4CC(C1)CC(n1cncn1)(C4)C3)CC2. The van der Waals surface area contributed by atoms with Gasteiger partial charge in [0.15, 0.2) is 0 Å². The summed E-state index contributed by atoms with van der Waals surface area (Å²) in [6.07, 6.45) is 14.2. The minimum absolute atomic E-state index is 0.0396. The highest BCUT2D eigenvalue weighted by Crippen LogP contribution is 2.64. The number of carbonyl (C=O) groups excluding carboxylic acids is 1. The maximum atomic E-state index is 14.0. The highest BCUT2D eigenvalue weighted by molar-refractivity contribution is 5.83. The van der Waals surface area contributed by atoms with Gasteiger partial charge in [-0.05, 0) is 76.7 Å². The molecule has 3 heterocycles. The smallest absolute Gasteiger partial charge is 0.228 e. The lowest BCUT2D eigenvalue weighted by Gasteiger charge is -2.61. The summed E-state index contributed by atoms with van der Waals surface area (Å²) >= 11 is 0. The van der Waals surface area contributed by atoms with Crippen molar-refractivity contribution in [3.8, 4) is 0 Å². The molecule has 27 heavy (non-hydrogen) atoms. The summed E-state index contributed by atoms with van der Waals surface area (Å²) in [5.74, 6) is 1.85. The monoisotopic (exact) mass is 369 g/mol. The molecule has 4 aliphatic carbocycles. The first-order valence-electron chi connectivity index (χ1n) is 10.9. The Kier molecular flexibility index (Phi) is 3.40. The third-order valence-corrected chi connectivity index (χ3v) is 8.82. The topological polar surface area (TPSA) is 54.3 Å². The van der Waals surface area contributed by atoms with E-state index in [1.54, 1.807) is 6.33 Å². The third-order valence-electron chi connectivity index (χ3n) is 8.82. The molecule has 1 amide bonds. The van der Waals surface area contributed by atoms with Crippen molar-refractivity contribution in [3.05, 3.63) is 12.7 Å². The van der Waals surface area contributed by atoms with Gasteiger partial charge < -0.3 is 4.90 Å². The number of fused-ring (bicyclic) bond motifs is 2. The molecule has 4 atom stereocenters. The molecule has 2 aliphatic heterocycles. The number of aromatic nitrogens is 3. The van der Waals surface area contributed by atoms with Gasteiger partial charge in [-0.3, -0.25) is 9.69 Å². The van der Waals surface area contributed by atoms with E-state index in [1.165, 1.54) is 32.1 Å². The van der Waals surface area contributed by atoms with E-state index in [0.717, 1.165) is 38.8 Å². The Labute approximate surface area is 161 Å². The van der Waals surface area contributed by atoms with Crippen LogP contribution in [0.3, 0.4) is 0 Å². The van der Waals surface area contributed by atoms with Crippen LogP contribution in [-0.4, -0.2) is 62.7 Å². The van der Waals surface area contributed by atoms with Gasteiger partial charge in [-0.25, -0.2) is 9.67 Å². The molecule has 4 saturated carbocycles. The van der Waals surface area contributed by atoms with E-state index >= 15 is 0 Å². The van der Waals surface area contributed by atoms with E-state index in [9.17, 15) is 4.79 Å². The van der Waals surface area contributed by atoms with Crippen molar-refractivity contribution in [3.63, 3.8) is 0 Å². The summed E-state index contributed by atoms with van der Waals surface area (Å²) in [7, 11) is 2.26. The first-order chi connectivity index (χ1) is 13.1. The van der Waals surface area contributed by atoms with Crippen LogP contribution < -0.4 is 0 Å². The molecule has 0 radical (unpaired) electrons. The minimum atomic E-state index is -0.141. The lowest BCUT2D eigenvalue weighted by molar-refractivity contribution is -0.167. The van der Waals surface area contributed by atoms with E-state index < -0.39 is 0 Å². The van der Waals surface area contributed by atoms with E-state index in [-0.39, 0.29) is 11.0 Å². The third kappa shape index (κ3) is 2.31. The Morgan fingerprint density at radius 2 is 1.85 bits per heavy atom. The second-order valence-corrected chi connectivity index (χ2v) is 10.4. The summed E-state index contributed by atoms with van der Waals surface area (Å²) < 4.78 is 2.12. The molecule has 6 aliphatic rings. The van der Waals surface area contributed by atoms with Crippen LogP contribution in [0.2, 0.25) is 0 Å². The van der Waals surface area contributed by atoms with Gasteiger partial charge in [0, 0.05) is 25.2 Å². The molecule has 0 spiro atoms. The largest absolute Gasteiger partial charge is 0.341 e. The van der Waals surface area contributed by atoms with Gasteiger partial charge in [0.2, 0.25) is 5.91 Å². The second kappa shape index (κ2) is 5.56. The maximum Gasteiger partial charge on any atom is 0.228 e. The molecule has 0 aromatic carbocycles. The Morgan fingerprint density at radius 3 is 2.59 bits per heavy atom. The number of likely N-dealkylation sites (tertiary alicyclic amines) is 1. The Bertz CT molecular complexity index is 732. The first kappa shape index (κ1) is 16.5. The van der Waals surface area contributed by atoms with Crippen LogP contribution in [0.4, 0.5) is 0 Å². The molecule has 6 nitrogen and oxygen atoms in total. The van der Waals surface area contributed by atoms with Crippen molar-refractivity contribution in [2.45, 2.75) is 75.4 Å². The fourth-order valence-electron chi connectivity index (χ4n) is 8.01. The number of carbonyl (C=O) groups is 1. The predicted molar refractivity (Wildman–Crippen MR) is 101 cm³/mol. The number of likely N-dealkylation sites (N-methyl/N-ethyl adjacent to an activating group) is 1. The Balaban J connectivity index is 1.31. The van der Waals surface area contributed by atoms with Crippen LogP contribution in [0.25, 0.3) is 0 Å². The van der Waals surface area contributed by atoms with Gasteiger partial charge >= 0.3 is 0 Å². The normalized spacial score (nSPS) is 46.0. The van der Waals surface area contributed by atoms with Gasteiger partial charge in [-0.1, -0.05) is 0 Å². The quantitative estimate of drug-likeness (QED) is 0.802. The maximum absolute atomic E-state index is 14.0. The highest BCUT2D eigenvalue weighted by Gasteiger charge is 2.62. The minimum Gasteiger partial charge on any atom is -0.341 e. The summed E-state index contributed by atoms with van der Waals surface area (Å²) in [5, 5.41) is 4.54. The molecule has 146 valence electrons. The second-order valence-electron chi connectivity index (χ2n) is 10.4. The Morgan fingerprint density at radius 1 is 1.07 bits per heavy atom. The van der Waals surface area contributed by atoms with E-state index in [0.29, 0.717) is 29.8 Å². The molecular formula is C21H31N5O. The molecule has 6 bridgehead atoms. The van der Waals surface area contributed by atoms with E-state index in [4.69, 9.17) is 0 Å². The molecule has 1 aromatic rings. The number of rotatable bonds is 2. The van der Waals surface area contributed by atoms with Crippen LogP contribution in [0.5, 0.6) is 0 Å². The predicted octanol–water partition coefficient (Wildman–Crippen LogP) is 2.27. The van der Waals surface area contributed by atoms with Crippen LogP contribution in [0, 0.1) is 17.3 Å². The number of amides is 1. The zero-order chi connectivity index (χ0) is 18.2. The molecule has 2 saturated heterocycles. The van der Waals surface area contributed by atoms with Crippen molar-refractivity contribution >= 4 is 5.91 Å².